The Morgan fingerprint density at radius 2 is 0.475 bits per heavy atom. The molecular weight excluding hydrogens is 1480 g/mol. The fraction of sp³-hybridized carbons (Fsp3) is 0. The van der Waals surface area contributed by atoms with Crippen molar-refractivity contribution in [3.8, 4) is 158 Å². The summed E-state index contributed by atoms with van der Waals surface area (Å²) in [6, 6.07) is 133. The van der Waals surface area contributed by atoms with Crippen LogP contribution in [0.5, 0.6) is 0 Å². The number of benzene rings is 14. The molecule has 0 bridgehead atoms. The maximum Gasteiger partial charge on any atom is 0.164 e. The Bertz CT molecular complexity index is 7100. The van der Waals surface area contributed by atoms with Gasteiger partial charge in [0.15, 0.2) is 40.6 Å². The van der Waals surface area contributed by atoms with E-state index in [4.69, 9.17) is 44.9 Å². The summed E-state index contributed by atoms with van der Waals surface area (Å²) in [5.74, 6) is 3.77. The van der Waals surface area contributed by atoms with Crippen LogP contribution in [0, 0.1) is 0 Å². The molecule has 0 fully saturated rings. The van der Waals surface area contributed by atoms with E-state index in [2.05, 4.69) is 308 Å². The topological polar surface area (TPSA) is 129 Å². The van der Waals surface area contributed by atoms with E-state index in [-0.39, 0.29) is 0 Å². The highest BCUT2D eigenvalue weighted by Gasteiger charge is 2.22. The summed E-state index contributed by atoms with van der Waals surface area (Å²) in [7, 11) is 0. The summed E-state index contributed by atoms with van der Waals surface area (Å²) in [6.45, 7) is 0. The SMILES string of the molecule is c1ccc(-c2ccc(-c3nc(-c4ccccc4)nc(-c4cccc(-c5cccc(-c6cccc(-c7nc8cnccc8c8c7sc7ccccc78)c6)c5)c4)n3)cc2)cc1.c1ccc(-c2ccc(-c3nc(-c4ccccc4)nc(-c4cccc(-c5cccc(-c6cccc(-c7nc8ncccc8c8c7sc7ccccc78)c6)c5)c4)n3)cc2)cc1. The van der Waals surface area contributed by atoms with Gasteiger partial charge in [0, 0.05) is 98.6 Å². The van der Waals surface area contributed by atoms with E-state index >= 15 is 0 Å². The van der Waals surface area contributed by atoms with Gasteiger partial charge in [-0.3, -0.25) is 4.98 Å². The van der Waals surface area contributed by atoms with Crippen LogP contribution in [0.15, 0.2) is 401 Å². The Kier molecular flexibility index (Phi) is 18.4. The molecule has 22 rings (SSSR count). The second kappa shape index (κ2) is 30.9. The lowest BCUT2D eigenvalue weighted by Crippen LogP contribution is -2.00. The lowest BCUT2D eigenvalue weighted by Gasteiger charge is -2.11. The average molecular weight is 1540 g/mol. The van der Waals surface area contributed by atoms with Gasteiger partial charge in [0.05, 0.1) is 32.5 Å². The molecule has 12 heteroatoms. The summed E-state index contributed by atoms with van der Waals surface area (Å²) in [6.07, 6.45) is 5.55. The van der Waals surface area contributed by atoms with Crippen LogP contribution < -0.4 is 0 Å². The number of nitrogens with zero attached hydrogens (tertiary/aromatic N) is 10. The number of fused-ring (bicyclic) bond motifs is 10. The molecule has 0 aliphatic rings. The smallest absolute Gasteiger partial charge is 0.164 e. The van der Waals surface area contributed by atoms with E-state index in [1.54, 1.807) is 22.7 Å². The van der Waals surface area contributed by atoms with Crippen molar-refractivity contribution in [3.05, 3.63) is 401 Å². The second-order valence-corrected chi connectivity index (χ2v) is 31.1. The monoisotopic (exact) mass is 1540 g/mol. The largest absolute Gasteiger partial charge is 0.262 e. The highest BCUT2D eigenvalue weighted by atomic mass is 32.1. The summed E-state index contributed by atoms with van der Waals surface area (Å²) < 4.78 is 4.86. The van der Waals surface area contributed by atoms with E-state index in [0.717, 1.165) is 133 Å². The van der Waals surface area contributed by atoms with Crippen molar-refractivity contribution < 1.29 is 0 Å². The zero-order chi connectivity index (χ0) is 78.2. The maximum atomic E-state index is 5.21. The van der Waals surface area contributed by atoms with Gasteiger partial charge in [-0.15, -0.1) is 22.7 Å². The van der Waals surface area contributed by atoms with E-state index < -0.39 is 0 Å². The van der Waals surface area contributed by atoms with Crippen molar-refractivity contribution >= 4 is 85.0 Å². The van der Waals surface area contributed by atoms with Gasteiger partial charge in [0.25, 0.3) is 0 Å². The fourth-order valence-corrected chi connectivity index (χ4v) is 18.2. The Balaban J connectivity index is 0.000000147. The van der Waals surface area contributed by atoms with E-state index in [9.17, 15) is 0 Å². The zero-order valence-electron chi connectivity index (χ0n) is 63.4. The molecule has 0 atom stereocenters. The van der Waals surface area contributed by atoms with Crippen LogP contribution in [-0.2, 0) is 0 Å². The summed E-state index contributed by atoms with van der Waals surface area (Å²) >= 11 is 3.59. The lowest BCUT2D eigenvalue weighted by atomic mass is 9.96. The first-order valence-electron chi connectivity index (χ1n) is 39.1. The third-order valence-electron chi connectivity index (χ3n) is 21.6. The molecule has 0 amide bonds. The van der Waals surface area contributed by atoms with Crippen molar-refractivity contribution in [2.45, 2.75) is 0 Å². The van der Waals surface area contributed by atoms with Gasteiger partial charge in [-0.25, -0.2) is 44.9 Å². The van der Waals surface area contributed by atoms with Gasteiger partial charge in [-0.05, 0) is 133 Å². The van der Waals surface area contributed by atoms with E-state index in [1.165, 1.54) is 51.5 Å². The molecule has 8 heterocycles. The van der Waals surface area contributed by atoms with Crippen molar-refractivity contribution in [2.75, 3.05) is 0 Å². The molecule has 0 aliphatic heterocycles. The first kappa shape index (κ1) is 70.5. The number of pyridine rings is 4. The van der Waals surface area contributed by atoms with Crippen molar-refractivity contribution in [1.29, 1.82) is 0 Å². The molecule has 14 aromatic carbocycles. The van der Waals surface area contributed by atoms with Gasteiger partial charge >= 0.3 is 0 Å². The Morgan fingerprint density at radius 3 is 0.890 bits per heavy atom. The number of thiophene rings is 2. The van der Waals surface area contributed by atoms with Gasteiger partial charge in [-0.1, -0.05) is 315 Å². The minimum atomic E-state index is 0.622. The summed E-state index contributed by atoms with van der Waals surface area (Å²) in [4.78, 5) is 49.6. The van der Waals surface area contributed by atoms with Crippen LogP contribution in [0.2, 0.25) is 0 Å². The Morgan fingerprint density at radius 1 is 0.186 bits per heavy atom. The van der Waals surface area contributed by atoms with Crippen LogP contribution in [0.3, 0.4) is 0 Å². The molecule has 0 saturated heterocycles. The molecule has 0 aliphatic carbocycles. The van der Waals surface area contributed by atoms with Gasteiger partial charge in [0.2, 0.25) is 0 Å². The van der Waals surface area contributed by atoms with Crippen molar-refractivity contribution in [1.82, 2.24) is 49.8 Å². The lowest BCUT2D eigenvalue weighted by molar-refractivity contribution is 1.07. The molecule has 22 aromatic rings. The number of aromatic nitrogens is 10. The van der Waals surface area contributed by atoms with Crippen LogP contribution >= 0.6 is 22.7 Å². The number of hydrogen-bond donors (Lipinski definition) is 0. The second-order valence-electron chi connectivity index (χ2n) is 29.0. The van der Waals surface area contributed by atoms with Gasteiger partial charge < -0.3 is 0 Å². The third kappa shape index (κ3) is 13.9. The molecule has 0 radical (unpaired) electrons. The molecule has 8 aromatic heterocycles. The quantitative estimate of drug-likeness (QED) is 0.104. The van der Waals surface area contributed by atoms with Crippen molar-refractivity contribution in [2.24, 2.45) is 0 Å². The molecular formula is C106H66N10S2. The molecule has 0 saturated carbocycles. The first-order valence-corrected chi connectivity index (χ1v) is 40.8. The van der Waals surface area contributed by atoms with Crippen molar-refractivity contribution in [3.63, 3.8) is 0 Å². The average Bonchev–Trinajstić information content (AvgIpc) is 1.57. The maximum absolute atomic E-state index is 5.21. The van der Waals surface area contributed by atoms with E-state index in [0.29, 0.717) is 34.9 Å². The molecule has 0 unspecified atom stereocenters. The van der Waals surface area contributed by atoms with Crippen LogP contribution in [-0.4, -0.2) is 49.8 Å². The molecule has 0 N–H and O–H groups in total. The fourth-order valence-electron chi connectivity index (χ4n) is 15.8. The number of rotatable bonds is 14. The van der Waals surface area contributed by atoms with Crippen LogP contribution in [0.1, 0.15) is 0 Å². The third-order valence-corrected chi connectivity index (χ3v) is 24.0. The Hall–Kier alpha value is -15.3. The van der Waals surface area contributed by atoms with Gasteiger partial charge in [-0.2, -0.15) is 0 Å². The minimum Gasteiger partial charge on any atom is -0.262 e. The highest BCUT2D eigenvalue weighted by Crippen LogP contribution is 2.46. The minimum absolute atomic E-state index is 0.622. The van der Waals surface area contributed by atoms with Crippen LogP contribution in [0.4, 0.5) is 0 Å². The molecule has 118 heavy (non-hydrogen) atoms. The molecule has 552 valence electrons. The molecule has 10 nitrogen and oxygen atoms in total. The van der Waals surface area contributed by atoms with Crippen LogP contribution in [0.25, 0.3) is 220 Å². The highest BCUT2D eigenvalue weighted by molar-refractivity contribution is 7.27. The van der Waals surface area contributed by atoms with Gasteiger partial charge in [0.1, 0.15) is 0 Å². The van der Waals surface area contributed by atoms with E-state index in [1.807, 2.05) is 97.5 Å². The summed E-state index contributed by atoms with van der Waals surface area (Å²) in [5, 5.41) is 7.15. The zero-order valence-corrected chi connectivity index (χ0v) is 65.0. The predicted molar refractivity (Wildman–Crippen MR) is 488 cm³/mol. The summed E-state index contributed by atoms with van der Waals surface area (Å²) in [5.41, 5.74) is 24.8. The Labute approximate surface area is 688 Å². The molecule has 0 spiro atoms. The normalized spacial score (nSPS) is 11.4. The standard InChI is InChI=1S/2C53H33N5S/c1-3-13-34(14-4-1)35-26-28-37(29-27-35)51-56-50(36-15-5-2-6-16-36)57-52(58-51)43-22-11-20-41(33-43)39-18-9-17-38(31-39)40-19-10-21-42(32-40)48-49-47(44-23-7-8-25-46(44)59-49)45-24-12-30-54-53(45)55-48;1-3-12-34(13-4-1)35-24-26-37(27-25-35)52-56-51(36-14-5-2-6-15-36)57-53(58-52)43-21-11-19-41(32-43)39-17-9-16-38(30-39)40-18-10-20-42(31-40)49-50-48(44-28-29-54-33-46(44)55-49)45-22-7-8-23-47(45)59-50/h2*1-33H. The number of hydrogen-bond acceptors (Lipinski definition) is 12. The first-order chi connectivity index (χ1) is 58.4. The predicted octanol–water partition coefficient (Wildman–Crippen LogP) is 27.7.